The van der Waals surface area contributed by atoms with Crippen molar-refractivity contribution in [2.45, 2.75) is 12.3 Å². The van der Waals surface area contributed by atoms with Gasteiger partial charge in [0.15, 0.2) is 0 Å². The molecule has 1 aliphatic rings. The molecule has 1 aromatic carbocycles. The lowest BCUT2D eigenvalue weighted by atomic mass is 10.0. The van der Waals surface area contributed by atoms with Crippen molar-refractivity contribution < 1.29 is 0 Å². The number of halogens is 1. The molecule has 0 saturated carbocycles. The molecule has 1 fully saturated rings. The number of hydrogen-bond donors (Lipinski definition) is 0. The van der Waals surface area contributed by atoms with Gasteiger partial charge < -0.3 is 9.80 Å². The first kappa shape index (κ1) is 14.0. The van der Waals surface area contributed by atoms with Crippen LogP contribution in [0.4, 0.5) is 0 Å². The summed E-state index contributed by atoms with van der Waals surface area (Å²) in [5.41, 5.74) is 1.45. The van der Waals surface area contributed by atoms with Gasteiger partial charge in [0.25, 0.3) is 0 Å². The average molecular weight is 311 g/mol. The molecule has 0 amide bonds. The lowest BCUT2D eigenvalue weighted by molar-refractivity contribution is 0.266. The lowest BCUT2D eigenvalue weighted by Crippen LogP contribution is -2.33. The summed E-state index contributed by atoms with van der Waals surface area (Å²) in [6, 6.07) is 10.9. The Balaban J connectivity index is 1.94. The quantitative estimate of drug-likeness (QED) is 0.789. The largest absolute Gasteiger partial charge is 0.305 e. The zero-order chi connectivity index (χ0) is 12.8. The Morgan fingerprint density at radius 2 is 1.89 bits per heavy atom. The molecule has 0 aliphatic carbocycles. The zero-order valence-corrected chi connectivity index (χ0v) is 12.8. The van der Waals surface area contributed by atoms with E-state index in [4.69, 9.17) is 0 Å². The van der Waals surface area contributed by atoms with E-state index in [2.05, 4.69) is 63.1 Å². The molecule has 1 aromatic rings. The van der Waals surface area contributed by atoms with Gasteiger partial charge in [-0.2, -0.15) is 0 Å². The normalized spacial score (nSPS) is 20.6. The number of nitrogens with zero attached hydrogens (tertiary/aromatic N) is 2. The minimum atomic E-state index is 0.606. The predicted octanol–water partition coefficient (Wildman–Crippen LogP) is 2.80. The summed E-state index contributed by atoms with van der Waals surface area (Å²) in [6.45, 7) is 6.04. The van der Waals surface area contributed by atoms with Crippen LogP contribution in [-0.2, 0) is 0 Å². The average Bonchev–Trinajstić information content (AvgIpc) is 2.62. The third-order valence-electron chi connectivity index (χ3n) is 3.75. The van der Waals surface area contributed by atoms with E-state index in [1.165, 1.54) is 44.7 Å². The van der Waals surface area contributed by atoms with E-state index in [0.717, 1.165) is 5.33 Å². The third-order valence-corrected chi connectivity index (χ3v) is 4.53. The van der Waals surface area contributed by atoms with Crippen LogP contribution < -0.4 is 0 Å². The number of likely N-dealkylation sites (N-methyl/N-ethyl adjacent to an activating group) is 1. The Morgan fingerprint density at radius 3 is 2.61 bits per heavy atom. The molecular formula is C15H23BrN2. The summed E-state index contributed by atoms with van der Waals surface area (Å²) in [5, 5.41) is 1.04. The molecule has 0 N–H and O–H groups in total. The molecule has 2 nitrogen and oxygen atoms in total. The van der Waals surface area contributed by atoms with E-state index in [1.54, 1.807) is 0 Å². The topological polar surface area (TPSA) is 6.48 Å². The molecule has 3 heteroatoms. The van der Waals surface area contributed by atoms with Crippen LogP contribution in [0.2, 0.25) is 0 Å². The van der Waals surface area contributed by atoms with Gasteiger partial charge in [0, 0.05) is 30.9 Å². The highest BCUT2D eigenvalue weighted by atomic mass is 79.9. The van der Waals surface area contributed by atoms with Gasteiger partial charge in [-0.25, -0.2) is 0 Å². The van der Waals surface area contributed by atoms with Crippen molar-refractivity contribution >= 4 is 15.9 Å². The van der Waals surface area contributed by atoms with Gasteiger partial charge in [0.05, 0.1) is 0 Å². The van der Waals surface area contributed by atoms with Gasteiger partial charge in [-0.05, 0) is 32.1 Å². The molecule has 0 bridgehead atoms. The van der Waals surface area contributed by atoms with Crippen molar-refractivity contribution in [2.24, 2.45) is 0 Å². The minimum Gasteiger partial charge on any atom is -0.305 e. The highest BCUT2D eigenvalue weighted by molar-refractivity contribution is 9.09. The highest BCUT2D eigenvalue weighted by Crippen LogP contribution is 2.20. The molecule has 1 atom stereocenters. The molecule has 0 aromatic heterocycles. The molecule has 1 saturated heterocycles. The summed E-state index contributed by atoms with van der Waals surface area (Å²) in [5.74, 6) is 0.606. The van der Waals surface area contributed by atoms with E-state index < -0.39 is 0 Å². The summed E-state index contributed by atoms with van der Waals surface area (Å²) < 4.78 is 0. The van der Waals surface area contributed by atoms with E-state index >= 15 is 0 Å². The summed E-state index contributed by atoms with van der Waals surface area (Å²) in [7, 11) is 2.22. The van der Waals surface area contributed by atoms with Crippen LogP contribution in [0.25, 0.3) is 0 Å². The summed E-state index contributed by atoms with van der Waals surface area (Å²) in [4.78, 5) is 5.05. The van der Waals surface area contributed by atoms with E-state index in [0.29, 0.717) is 5.92 Å². The molecule has 2 rings (SSSR count). The molecule has 1 unspecified atom stereocenters. The second-order valence-corrected chi connectivity index (χ2v) is 5.87. The first-order chi connectivity index (χ1) is 8.79. The minimum absolute atomic E-state index is 0.606. The number of rotatable bonds is 4. The Hall–Kier alpha value is -0.380. The Labute approximate surface area is 119 Å². The maximum absolute atomic E-state index is 3.67. The predicted molar refractivity (Wildman–Crippen MR) is 81.5 cm³/mol. The highest BCUT2D eigenvalue weighted by Gasteiger charge is 2.17. The molecule has 0 spiro atoms. The Morgan fingerprint density at radius 1 is 1.11 bits per heavy atom. The number of hydrogen-bond acceptors (Lipinski definition) is 2. The molecular weight excluding hydrogens is 288 g/mol. The van der Waals surface area contributed by atoms with Gasteiger partial charge in [0.1, 0.15) is 0 Å². The second kappa shape index (κ2) is 7.27. The monoisotopic (exact) mass is 310 g/mol. The van der Waals surface area contributed by atoms with Crippen LogP contribution >= 0.6 is 15.9 Å². The lowest BCUT2D eigenvalue weighted by Gasteiger charge is -2.25. The Bertz CT molecular complexity index is 342. The zero-order valence-electron chi connectivity index (χ0n) is 11.2. The van der Waals surface area contributed by atoms with E-state index in [9.17, 15) is 0 Å². The van der Waals surface area contributed by atoms with Gasteiger partial charge in [-0.1, -0.05) is 46.3 Å². The van der Waals surface area contributed by atoms with Crippen molar-refractivity contribution in [3.63, 3.8) is 0 Å². The fourth-order valence-electron chi connectivity index (χ4n) is 2.56. The van der Waals surface area contributed by atoms with Crippen LogP contribution in [0.1, 0.15) is 17.9 Å². The summed E-state index contributed by atoms with van der Waals surface area (Å²) in [6.07, 6.45) is 1.29. The number of benzene rings is 1. The van der Waals surface area contributed by atoms with Crippen LogP contribution in [0.5, 0.6) is 0 Å². The molecule has 0 radical (unpaired) electrons. The van der Waals surface area contributed by atoms with Crippen molar-refractivity contribution in [2.75, 3.05) is 45.1 Å². The first-order valence-corrected chi connectivity index (χ1v) is 7.93. The van der Waals surface area contributed by atoms with Gasteiger partial charge in [-0.15, -0.1) is 0 Å². The fraction of sp³-hybridized carbons (Fsp3) is 0.600. The number of alkyl halides is 1. The smallest absolute Gasteiger partial charge is 0.0112 e. The fourth-order valence-corrected chi connectivity index (χ4v) is 3.14. The standard InChI is InChI=1S/C15H23BrN2/c1-17-8-5-9-18(11-10-17)13-15(12-16)14-6-3-2-4-7-14/h2-4,6-7,15H,5,8-13H2,1H3. The van der Waals surface area contributed by atoms with Crippen molar-refractivity contribution in [1.82, 2.24) is 9.80 Å². The van der Waals surface area contributed by atoms with Crippen LogP contribution in [0.15, 0.2) is 30.3 Å². The molecule has 18 heavy (non-hydrogen) atoms. The molecule has 1 heterocycles. The SMILES string of the molecule is CN1CCCN(CC(CBr)c2ccccc2)CC1. The van der Waals surface area contributed by atoms with Crippen LogP contribution in [0.3, 0.4) is 0 Å². The second-order valence-electron chi connectivity index (χ2n) is 5.22. The van der Waals surface area contributed by atoms with Crippen molar-refractivity contribution in [3.8, 4) is 0 Å². The Kier molecular flexibility index (Phi) is 5.67. The summed E-state index contributed by atoms with van der Waals surface area (Å²) >= 11 is 3.67. The van der Waals surface area contributed by atoms with E-state index in [-0.39, 0.29) is 0 Å². The maximum Gasteiger partial charge on any atom is 0.0112 e. The van der Waals surface area contributed by atoms with Crippen molar-refractivity contribution in [1.29, 1.82) is 0 Å². The van der Waals surface area contributed by atoms with Gasteiger partial charge >= 0.3 is 0 Å². The van der Waals surface area contributed by atoms with Crippen LogP contribution in [0, 0.1) is 0 Å². The van der Waals surface area contributed by atoms with Crippen molar-refractivity contribution in [3.05, 3.63) is 35.9 Å². The molecule has 100 valence electrons. The van der Waals surface area contributed by atoms with E-state index in [1.807, 2.05) is 0 Å². The van der Waals surface area contributed by atoms with Gasteiger partial charge in [0.2, 0.25) is 0 Å². The maximum atomic E-state index is 3.67. The third kappa shape index (κ3) is 4.08. The molecule has 1 aliphatic heterocycles. The van der Waals surface area contributed by atoms with Gasteiger partial charge in [-0.3, -0.25) is 0 Å². The first-order valence-electron chi connectivity index (χ1n) is 6.81. The van der Waals surface area contributed by atoms with Crippen LogP contribution in [-0.4, -0.2) is 54.9 Å².